The predicted molar refractivity (Wildman–Crippen MR) is 66.6 cm³/mol. The van der Waals surface area contributed by atoms with E-state index >= 15 is 0 Å². The molecule has 2 N–H and O–H groups in total. The standard InChI is InChI=1S/C13H21NO2/c1-4-5-10(2)16-9-11-6-7-13(15-3)12(14)8-11/h6-8,10H,4-5,9,14H2,1-3H3. The van der Waals surface area contributed by atoms with Crippen molar-refractivity contribution in [1.29, 1.82) is 0 Å². The molecule has 0 spiro atoms. The molecule has 0 aliphatic rings. The van der Waals surface area contributed by atoms with Gasteiger partial charge in [-0.3, -0.25) is 0 Å². The molecule has 0 heterocycles. The van der Waals surface area contributed by atoms with Crippen LogP contribution in [0.2, 0.25) is 0 Å². The van der Waals surface area contributed by atoms with Crippen molar-refractivity contribution in [3.63, 3.8) is 0 Å². The minimum atomic E-state index is 0.299. The average Bonchev–Trinajstić information content (AvgIpc) is 2.27. The first-order valence-corrected chi connectivity index (χ1v) is 5.71. The molecule has 3 nitrogen and oxygen atoms in total. The maximum atomic E-state index is 5.82. The average molecular weight is 223 g/mol. The lowest BCUT2D eigenvalue weighted by molar-refractivity contribution is 0.0472. The van der Waals surface area contributed by atoms with Gasteiger partial charge in [-0.2, -0.15) is 0 Å². The maximum Gasteiger partial charge on any atom is 0.141 e. The first-order chi connectivity index (χ1) is 7.67. The third kappa shape index (κ3) is 3.74. The summed E-state index contributed by atoms with van der Waals surface area (Å²) in [6, 6.07) is 5.75. The molecular formula is C13H21NO2. The molecule has 0 saturated carbocycles. The van der Waals surface area contributed by atoms with Crippen LogP contribution in [-0.4, -0.2) is 13.2 Å². The van der Waals surface area contributed by atoms with E-state index in [0.717, 1.165) is 18.4 Å². The fourth-order valence-corrected chi connectivity index (χ4v) is 1.60. The van der Waals surface area contributed by atoms with Crippen LogP contribution in [0.4, 0.5) is 5.69 Å². The monoisotopic (exact) mass is 223 g/mol. The van der Waals surface area contributed by atoms with Crippen LogP contribution in [-0.2, 0) is 11.3 Å². The molecule has 0 bridgehead atoms. The van der Waals surface area contributed by atoms with Crippen molar-refractivity contribution in [1.82, 2.24) is 0 Å². The summed E-state index contributed by atoms with van der Waals surface area (Å²) in [5, 5.41) is 0. The Hall–Kier alpha value is -1.22. The highest BCUT2D eigenvalue weighted by Crippen LogP contribution is 2.22. The van der Waals surface area contributed by atoms with Gasteiger partial charge in [0.05, 0.1) is 25.5 Å². The van der Waals surface area contributed by atoms with Crippen LogP contribution in [0.5, 0.6) is 5.75 Å². The fraction of sp³-hybridized carbons (Fsp3) is 0.538. The highest BCUT2D eigenvalue weighted by atomic mass is 16.5. The lowest BCUT2D eigenvalue weighted by atomic mass is 10.2. The summed E-state index contributed by atoms with van der Waals surface area (Å²) in [5.74, 6) is 0.713. The molecule has 90 valence electrons. The van der Waals surface area contributed by atoms with E-state index in [1.165, 1.54) is 0 Å². The normalized spacial score (nSPS) is 12.4. The SMILES string of the molecule is CCCC(C)OCc1ccc(OC)c(N)c1. The van der Waals surface area contributed by atoms with Crippen molar-refractivity contribution < 1.29 is 9.47 Å². The van der Waals surface area contributed by atoms with E-state index < -0.39 is 0 Å². The number of hydrogen-bond acceptors (Lipinski definition) is 3. The van der Waals surface area contributed by atoms with E-state index in [9.17, 15) is 0 Å². The zero-order chi connectivity index (χ0) is 12.0. The van der Waals surface area contributed by atoms with Gasteiger partial charge in [-0.05, 0) is 31.0 Å². The van der Waals surface area contributed by atoms with Gasteiger partial charge in [0.2, 0.25) is 0 Å². The number of ether oxygens (including phenoxy) is 2. The van der Waals surface area contributed by atoms with E-state index in [1.807, 2.05) is 18.2 Å². The molecular weight excluding hydrogens is 202 g/mol. The minimum Gasteiger partial charge on any atom is -0.495 e. The molecule has 3 heteroatoms. The lowest BCUT2D eigenvalue weighted by Crippen LogP contribution is -2.07. The van der Waals surface area contributed by atoms with Crippen LogP contribution in [0.1, 0.15) is 32.3 Å². The second-order valence-electron chi connectivity index (χ2n) is 3.99. The van der Waals surface area contributed by atoms with E-state index in [0.29, 0.717) is 24.1 Å². The van der Waals surface area contributed by atoms with Gasteiger partial charge >= 0.3 is 0 Å². The van der Waals surface area contributed by atoms with Crippen LogP contribution >= 0.6 is 0 Å². The molecule has 0 saturated heterocycles. The van der Waals surface area contributed by atoms with Crippen molar-refractivity contribution in [2.24, 2.45) is 0 Å². The van der Waals surface area contributed by atoms with Crippen LogP contribution in [0, 0.1) is 0 Å². The second kappa shape index (κ2) is 6.38. The fourth-order valence-electron chi connectivity index (χ4n) is 1.60. The molecule has 0 radical (unpaired) electrons. The summed E-state index contributed by atoms with van der Waals surface area (Å²) < 4.78 is 10.8. The van der Waals surface area contributed by atoms with Gasteiger partial charge in [-0.25, -0.2) is 0 Å². The number of nitrogens with two attached hydrogens (primary N) is 1. The number of methoxy groups -OCH3 is 1. The largest absolute Gasteiger partial charge is 0.495 e. The van der Waals surface area contributed by atoms with Crippen LogP contribution in [0.15, 0.2) is 18.2 Å². The molecule has 16 heavy (non-hydrogen) atoms. The zero-order valence-corrected chi connectivity index (χ0v) is 10.3. The summed E-state index contributed by atoms with van der Waals surface area (Å²) in [4.78, 5) is 0. The molecule has 0 amide bonds. The smallest absolute Gasteiger partial charge is 0.141 e. The summed E-state index contributed by atoms with van der Waals surface area (Å²) in [6.07, 6.45) is 2.53. The summed E-state index contributed by atoms with van der Waals surface area (Å²) >= 11 is 0. The molecule has 1 atom stereocenters. The molecule has 1 aromatic rings. The van der Waals surface area contributed by atoms with Gasteiger partial charge < -0.3 is 15.2 Å². The maximum absolute atomic E-state index is 5.82. The Morgan fingerprint density at radius 3 is 2.69 bits per heavy atom. The number of anilines is 1. The van der Waals surface area contributed by atoms with Gasteiger partial charge in [0.1, 0.15) is 5.75 Å². The van der Waals surface area contributed by atoms with Crippen LogP contribution in [0.25, 0.3) is 0 Å². The van der Waals surface area contributed by atoms with E-state index in [4.69, 9.17) is 15.2 Å². The summed E-state index contributed by atoms with van der Waals surface area (Å²) in [7, 11) is 1.62. The van der Waals surface area contributed by atoms with E-state index in [2.05, 4.69) is 13.8 Å². The van der Waals surface area contributed by atoms with Crippen LogP contribution < -0.4 is 10.5 Å². The van der Waals surface area contributed by atoms with Crippen LogP contribution in [0.3, 0.4) is 0 Å². The van der Waals surface area contributed by atoms with Gasteiger partial charge in [-0.1, -0.05) is 19.4 Å². The number of nitrogen functional groups attached to an aromatic ring is 1. The third-order valence-electron chi connectivity index (χ3n) is 2.52. The Kier molecular flexibility index (Phi) is 5.12. The predicted octanol–water partition coefficient (Wildman–Crippen LogP) is 2.98. The highest BCUT2D eigenvalue weighted by molar-refractivity contribution is 5.54. The molecule has 1 aromatic carbocycles. The van der Waals surface area contributed by atoms with Crippen molar-refractivity contribution >= 4 is 5.69 Å². The van der Waals surface area contributed by atoms with Gasteiger partial charge in [-0.15, -0.1) is 0 Å². The Morgan fingerprint density at radius 1 is 1.38 bits per heavy atom. The first kappa shape index (κ1) is 12.8. The highest BCUT2D eigenvalue weighted by Gasteiger charge is 2.03. The van der Waals surface area contributed by atoms with Gasteiger partial charge in [0.25, 0.3) is 0 Å². The zero-order valence-electron chi connectivity index (χ0n) is 10.3. The number of hydrogen-bond donors (Lipinski definition) is 1. The minimum absolute atomic E-state index is 0.299. The van der Waals surface area contributed by atoms with Crippen molar-refractivity contribution in [3.8, 4) is 5.75 Å². The Morgan fingerprint density at radius 2 is 2.12 bits per heavy atom. The molecule has 0 aliphatic carbocycles. The first-order valence-electron chi connectivity index (χ1n) is 5.71. The van der Waals surface area contributed by atoms with Gasteiger partial charge in [0, 0.05) is 0 Å². The van der Waals surface area contributed by atoms with Crippen molar-refractivity contribution in [3.05, 3.63) is 23.8 Å². The Labute approximate surface area is 97.6 Å². The van der Waals surface area contributed by atoms with Crippen molar-refractivity contribution in [2.45, 2.75) is 39.4 Å². The Balaban J connectivity index is 2.51. The molecule has 0 aromatic heterocycles. The lowest BCUT2D eigenvalue weighted by Gasteiger charge is -2.12. The van der Waals surface area contributed by atoms with Gasteiger partial charge in [0.15, 0.2) is 0 Å². The molecule has 1 unspecified atom stereocenters. The molecule has 0 fully saturated rings. The topological polar surface area (TPSA) is 44.5 Å². The molecule has 0 aliphatic heterocycles. The number of benzene rings is 1. The second-order valence-corrected chi connectivity index (χ2v) is 3.99. The quantitative estimate of drug-likeness (QED) is 0.754. The summed E-state index contributed by atoms with van der Waals surface area (Å²) in [5.41, 5.74) is 7.56. The number of rotatable bonds is 6. The summed E-state index contributed by atoms with van der Waals surface area (Å²) in [6.45, 7) is 4.86. The Bertz CT molecular complexity index is 326. The molecule has 1 rings (SSSR count). The third-order valence-corrected chi connectivity index (χ3v) is 2.52. The van der Waals surface area contributed by atoms with E-state index in [-0.39, 0.29) is 0 Å². The van der Waals surface area contributed by atoms with Crippen molar-refractivity contribution in [2.75, 3.05) is 12.8 Å². The van der Waals surface area contributed by atoms with E-state index in [1.54, 1.807) is 7.11 Å².